The van der Waals surface area contributed by atoms with Gasteiger partial charge in [-0.2, -0.15) is 21.0 Å². The van der Waals surface area contributed by atoms with Crippen molar-refractivity contribution in [1.82, 2.24) is 0 Å². The Morgan fingerprint density at radius 1 is 0.850 bits per heavy atom. The molecule has 0 heterocycles. The van der Waals surface area contributed by atoms with E-state index in [1.54, 1.807) is 0 Å². The molecule has 0 N–H and O–H groups in total. The van der Waals surface area contributed by atoms with Gasteiger partial charge in [-0.3, -0.25) is 0 Å². The second kappa shape index (κ2) is 2.96. The molecule has 0 aliphatic heterocycles. The normalized spacial score (nSPS) is 51.0. The summed E-state index contributed by atoms with van der Waals surface area (Å²) in [5.41, 5.74) is -3.11. The molecule has 4 saturated carbocycles. The summed E-state index contributed by atoms with van der Waals surface area (Å²) in [5.74, 6) is 0.561. The molecule has 4 rings (SSSR count). The van der Waals surface area contributed by atoms with E-state index in [2.05, 4.69) is 0 Å². The fraction of sp³-hybridized carbons (Fsp3) is 0.733. The molecule has 4 fully saturated rings. The van der Waals surface area contributed by atoms with Crippen LogP contribution in [0.25, 0.3) is 0 Å². The molecule has 4 aliphatic rings. The zero-order valence-electron chi connectivity index (χ0n) is 10.7. The summed E-state index contributed by atoms with van der Waals surface area (Å²) in [5, 5.41) is 37.7. The van der Waals surface area contributed by atoms with Gasteiger partial charge in [-0.1, -0.05) is 6.42 Å². The maximum atomic E-state index is 9.54. The van der Waals surface area contributed by atoms with Crippen LogP contribution in [0.3, 0.4) is 0 Å². The fourth-order valence-corrected chi connectivity index (χ4v) is 6.58. The third-order valence-electron chi connectivity index (χ3n) is 6.67. The molecule has 0 aromatic heterocycles. The first-order valence-corrected chi connectivity index (χ1v) is 7.27. The van der Waals surface area contributed by atoms with E-state index in [4.69, 9.17) is 11.6 Å². The minimum absolute atomic E-state index is 0.129. The van der Waals surface area contributed by atoms with Crippen LogP contribution in [0.2, 0.25) is 0 Å². The fourth-order valence-electron chi connectivity index (χ4n) is 5.72. The number of nitrogens with zero attached hydrogens (tertiary/aromatic N) is 4. The molecule has 0 amide bonds. The lowest BCUT2D eigenvalue weighted by Gasteiger charge is -2.52. The Morgan fingerprint density at radius 3 is 1.80 bits per heavy atom. The number of hydrogen-bond acceptors (Lipinski definition) is 4. The molecule has 0 radical (unpaired) electrons. The van der Waals surface area contributed by atoms with Crippen LogP contribution >= 0.6 is 11.6 Å². The first-order chi connectivity index (χ1) is 9.55. The molecule has 0 aromatic rings. The standard InChI is InChI=1S/C15H11ClN4/c16-15-9-2-1-3-10(15)14(9,15)11-4-12(5-17,6-18)13(11,7-19)8-20/h9-11H,1-4H2. The first-order valence-electron chi connectivity index (χ1n) is 6.89. The number of alkyl halides is 1. The second-order valence-corrected chi connectivity index (χ2v) is 7.28. The topological polar surface area (TPSA) is 95.2 Å². The van der Waals surface area contributed by atoms with Crippen LogP contribution in [0.4, 0.5) is 0 Å². The molecule has 4 aliphatic carbocycles. The SMILES string of the molecule is N#CC1(C#N)CC(C23C4CCCC2C43Cl)C1(C#N)C#N. The highest BCUT2D eigenvalue weighted by Crippen LogP contribution is 3.00. The van der Waals surface area contributed by atoms with Crippen LogP contribution < -0.4 is 0 Å². The van der Waals surface area contributed by atoms with E-state index in [0.717, 1.165) is 19.3 Å². The maximum absolute atomic E-state index is 9.54. The zero-order valence-corrected chi connectivity index (χ0v) is 11.5. The lowest BCUT2D eigenvalue weighted by molar-refractivity contribution is -0.0260. The Kier molecular flexibility index (Phi) is 1.78. The van der Waals surface area contributed by atoms with Gasteiger partial charge in [0, 0.05) is 11.3 Å². The van der Waals surface area contributed by atoms with E-state index in [1.807, 2.05) is 24.3 Å². The molecule has 20 heavy (non-hydrogen) atoms. The van der Waals surface area contributed by atoms with Crippen LogP contribution in [-0.4, -0.2) is 4.87 Å². The van der Waals surface area contributed by atoms with E-state index in [0.29, 0.717) is 18.3 Å². The third-order valence-corrected chi connectivity index (χ3v) is 7.52. The van der Waals surface area contributed by atoms with Crippen molar-refractivity contribution in [3.8, 4) is 24.3 Å². The van der Waals surface area contributed by atoms with E-state index < -0.39 is 10.8 Å². The number of hydrogen-bond donors (Lipinski definition) is 0. The van der Waals surface area contributed by atoms with Crippen LogP contribution in [0.1, 0.15) is 25.7 Å². The third kappa shape index (κ3) is 0.744. The zero-order chi connectivity index (χ0) is 14.4. The lowest BCUT2D eigenvalue weighted by Crippen LogP contribution is -2.58. The molecule has 0 saturated heterocycles. The van der Waals surface area contributed by atoms with Gasteiger partial charge in [0.1, 0.15) is 0 Å². The number of fused-ring (bicyclic) bond motifs is 2. The van der Waals surface area contributed by atoms with E-state index >= 15 is 0 Å². The summed E-state index contributed by atoms with van der Waals surface area (Å²) < 4.78 is 0. The van der Waals surface area contributed by atoms with Crippen LogP contribution in [0.15, 0.2) is 0 Å². The summed E-state index contributed by atoms with van der Waals surface area (Å²) in [6.07, 6.45) is 3.58. The molecular weight excluding hydrogens is 272 g/mol. The maximum Gasteiger partial charge on any atom is 0.178 e. The van der Waals surface area contributed by atoms with Gasteiger partial charge in [0.15, 0.2) is 10.8 Å². The Balaban J connectivity index is 1.79. The number of nitriles is 4. The molecule has 3 unspecified atom stereocenters. The Labute approximate surface area is 122 Å². The van der Waals surface area contributed by atoms with Crippen molar-refractivity contribution in [2.45, 2.75) is 30.6 Å². The molecule has 0 aromatic carbocycles. The van der Waals surface area contributed by atoms with E-state index in [1.165, 1.54) is 0 Å². The molecule has 0 bridgehead atoms. The van der Waals surface area contributed by atoms with Crippen molar-refractivity contribution in [3.05, 3.63) is 0 Å². The van der Waals surface area contributed by atoms with E-state index in [9.17, 15) is 21.0 Å². The van der Waals surface area contributed by atoms with Gasteiger partial charge >= 0.3 is 0 Å². The molecule has 0 spiro atoms. The van der Waals surface area contributed by atoms with Gasteiger partial charge in [0.25, 0.3) is 0 Å². The van der Waals surface area contributed by atoms with Crippen molar-refractivity contribution in [2.24, 2.45) is 34.0 Å². The highest BCUT2D eigenvalue weighted by atomic mass is 35.5. The summed E-state index contributed by atoms with van der Waals surface area (Å²) in [6, 6.07) is 7.91. The van der Waals surface area contributed by atoms with Crippen molar-refractivity contribution >= 4 is 11.6 Å². The second-order valence-electron chi connectivity index (χ2n) is 6.65. The smallest absolute Gasteiger partial charge is 0.178 e. The molecule has 4 nitrogen and oxygen atoms in total. The van der Waals surface area contributed by atoms with Crippen molar-refractivity contribution in [2.75, 3.05) is 0 Å². The first kappa shape index (κ1) is 12.0. The predicted molar refractivity (Wildman–Crippen MR) is 67.3 cm³/mol. The summed E-state index contributed by atoms with van der Waals surface area (Å²) in [7, 11) is 0. The summed E-state index contributed by atoms with van der Waals surface area (Å²) >= 11 is 6.68. The quantitative estimate of drug-likeness (QED) is 0.690. The van der Waals surface area contributed by atoms with Crippen LogP contribution in [0.5, 0.6) is 0 Å². The molecule has 3 atom stereocenters. The minimum atomic E-state index is -1.50. The van der Waals surface area contributed by atoms with Gasteiger partial charge in [0.2, 0.25) is 0 Å². The monoisotopic (exact) mass is 282 g/mol. The van der Waals surface area contributed by atoms with Gasteiger partial charge in [-0.05, 0) is 31.1 Å². The molecule has 98 valence electrons. The number of rotatable bonds is 1. The van der Waals surface area contributed by atoms with Crippen molar-refractivity contribution in [1.29, 1.82) is 21.0 Å². The Hall–Kier alpha value is -1.75. The average Bonchev–Trinajstić information content (AvgIpc) is 3.25. The summed E-state index contributed by atoms with van der Waals surface area (Å²) in [6.45, 7) is 0. The van der Waals surface area contributed by atoms with Gasteiger partial charge in [0.05, 0.1) is 29.2 Å². The minimum Gasteiger partial charge on any atom is -0.196 e. The molecular formula is C15H11ClN4. The Morgan fingerprint density at radius 2 is 1.40 bits per heavy atom. The highest BCUT2D eigenvalue weighted by molar-refractivity contribution is 6.31. The van der Waals surface area contributed by atoms with Crippen LogP contribution in [0, 0.1) is 79.3 Å². The Bertz CT molecular complexity index is 657. The predicted octanol–water partition coefficient (Wildman–Crippen LogP) is 2.48. The van der Waals surface area contributed by atoms with Crippen molar-refractivity contribution < 1.29 is 0 Å². The average molecular weight is 283 g/mol. The highest BCUT2D eigenvalue weighted by Gasteiger charge is 3.02. The largest absolute Gasteiger partial charge is 0.196 e. The van der Waals surface area contributed by atoms with Gasteiger partial charge in [-0.15, -0.1) is 11.6 Å². The van der Waals surface area contributed by atoms with Crippen LogP contribution in [-0.2, 0) is 0 Å². The van der Waals surface area contributed by atoms with E-state index in [-0.39, 0.29) is 16.2 Å². The lowest BCUT2D eigenvalue weighted by atomic mass is 9.42. The van der Waals surface area contributed by atoms with Gasteiger partial charge in [-0.25, -0.2) is 0 Å². The molecule has 5 heteroatoms. The summed E-state index contributed by atoms with van der Waals surface area (Å²) in [4.78, 5) is -0.230. The van der Waals surface area contributed by atoms with Crippen molar-refractivity contribution in [3.63, 3.8) is 0 Å². The number of halogens is 1. The van der Waals surface area contributed by atoms with Gasteiger partial charge < -0.3 is 0 Å².